The summed E-state index contributed by atoms with van der Waals surface area (Å²) in [6, 6.07) is 6.99. The fourth-order valence-corrected chi connectivity index (χ4v) is 2.41. The van der Waals surface area contributed by atoms with Gasteiger partial charge in [0.05, 0.1) is 6.61 Å². The fourth-order valence-electron chi connectivity index (χ4n) is 2.41. The molecule has 0 radical (unpaired) electrons. The summed E-state index contributed by atoms with van der Waals surface area (Å²) in [5, 5.41) is 3.59. The Balaban J connectivity index is 2.32. The molecule has 1 aliphatic rings. The summed E-state index contributed by atoms with van der Waals surface area (Å²) < 4.78 is 5.57. The van der Waals surface area contributed by atoms with Crippen LogP contribution in [0.25, 0.3) is 0 Å². The van der Waals surface area contributed by atoms with Crippen LogP contribution < -0.4 is 10.1 Å². The van der Waals surface area contributed by atoms with Gasteiger partial charge in [-0.05, 0) is 49.1 Å². The van der Waals surface area contributed by atoms with Gasteiger partial charge >= 0.3 is 0 Å². The third-order valence-corrected chi connectivity index (χ3v) is 3.19. The van der Waals surface area contributed by atoms with Crippen LogP contribution in [-0.4, -0.2) is 13.2 Å². The molecule has 1 atom stereocenters. The van der Waals surface area contributed by atoms with Gasteiger partial charge in [-0.15, -0.1) is 0 Å². The number of ether oxygens (including phenoxy) is 1. The van der Waals surface area contributed by atoms with E-state index in [0.717, 1.165) is 25.3 Å². The van der Waals surface area contributed by atoms with E-state index in [9.17, 15) is 0 Å². The van der Waals surface area contributed by atoms with E-state index in [0.29, 0.717) is 12.0 Å². The van der Waals surface area contributed by atoms with Gasteiger partial charge in [0.15, 0.2) is 0 Å². The maximum Gasteiger partial charge on any atom is 0.119 e. The van der Waals surface area contributed by atoms with Gasteiger partial charge in [0.25, 0.3) is 0 Å². The highest BCUT2D eigenvalue weighted by molar-refractivity contribution is 5.39. The lowest BCUT2D eigenvalue weighted by atomic mass is 9.88. The highest BCUT2D eigenvalue weighted by Crippen LogP contribution is 2.31. The van der Waals surface area contributed by atoms with Crippen LogP contribution in [0.5, 0.6) is 5.75 Å². The van der Waals surface area contributed by atoms with Crippen molar-refractivity contribution < 1.29 is 4.74 Å². The van der Waals surface area contributed by atoms with Crippen molar-refractivity contribution in [3.05, 3.63) is 29.3 Å². The van der Waals surface area contributed by atoms with Crippen molar-refractivity contribution in [1.29, 1.82) is 0 Å². The quantitative estimate of drug-likeness (QED) is 0.844. The van der Waals surface area contributed by atoms with E-state index in [1.165, 1.54) is 11.1 Å². The molecule has 2 rings (SSSR count). The maximum atomic E-state index is 5.57. The Hall–Kier alpha value is -1.02. The van der Waals surface area contributed by atoms with Crippen molar-refractivity contribution in [3.8, 4) is 5.75 Å². The van der Waals surface area contributed by atoms with Gasteiger partial charge in [0.1, 0.15) is 5.75 Å². The summed E-state index contributed by atoms with van der Waals surface area (Å²) >= 11 is 0. The lowest BCUT2D eigenvalue weighted by Gasteiger charge is -2.30. The molecule has 0 aliphatic carbocycles. The van der Waals surface area contributed by atoms with Crippen molar-refractivity contribution in [2.75, 3.05) is 13.2 Å². The molecular weight excluding hydrogens is 198 g/mol. The molecule has 1 aromatic carbocycles. The Kier molecular flexibility index (Phi) is 3.49. The molecule has 1 aromatic rings. The molecule has 0 bridgehead atoms. The van der Waals surface area contributed by atoms with Crippen molar-refractivity contribution in [3.63, 3.8) is 0 Å². The van der Waals surface area contributed by atoms with Gasteiger partial charge in [-0.3, -0.25) is 0 Å². The molecule has 1 heterocycles. The van der Waals surface area contributed by atoms with E-state index in [1.54, 1.807) is 0 Å². The van der Waals surface area contributed by atoms with E-state index < -0.39 is 0 Å². The first-order valence-corrected chi connectivity index (χ1v) is 6.21. The lowest BCUT2D eigenvalue weighted by molar-refractivity contribution is 0.336. The molecule has 0 fully saturated rings. The molecule has 1 N–H and O–H groups in total. The Morgan fingerprint density at radius 2 is 2.25 bits per heavy atom. The van der Waals surface area contributed by atoms with E-state index in [-0.39, 0.29) is 0 Å². The number of hydrogen-bond acceptors (Lipinski definition) is 2. The summed E-state index contributed by atoms with van der Waals surface area (Å²) in [6.45, 7) is 8.38. The SMILES string of the molecule is CCOc1ccc2c(c1)C(C(C)C)NCC2. The molecule has 1 aliphatic heterocycles. The van der Waals surface area contributed by atoms with Crippen LogP contribution >= 0.6 is 0 Å². The highest BCUT2D eigenvalue weighted by atomic mass is 16.5. The average Bonchev–Trinajstić information content (AvgIpc) is 2.28. The topological polar surface area (TPSA) is 21.3 Å². The molecule has 1 unspecified atom stereocenters. The molecule has 88 valence electrons. The second-order valence-corrected chi connectivity index (χ2v) is 4.72. The summed E-state index contributed by atoms with van der Waals surface area (Å²) in [6.07, 6.45) is 1.13. The first-order valence-electron chi connectivity index (χ1n) is 6.21. The second-order valence-electron chi connectivity index (χ2n) is 4.72. The Labute approximate surface area is 98.0 Å². The predicted molar refractivity (Wildman–Crippen MR) is 66.9 cm³/mol. The number of benzene rings is 1. The van der Waals surface area contributed by atoms with E-state index in [4.69, 9.17) is 4.74 Å². The zero-order chi connectivity index (χ0) is 11.5. The first-order chi connectivity index (χ1) is 7.72. The van der Waals surface area contributed by atoms with Crippen LogP contribution in [0.3, 0.4) is 0 Å². The molecule has 0 spiro atoms. The normalized spacial score (nSPS) is 19.6. The first kappa shape index (κ1) is 11.5. The molecule has 0 saturated heterocycles. The Bertz CT molecular complexity index is 360. The Morgan fingerprint density at radius 3 is 2.94 bits per heavy atom. The monoisotopic (exact) mass is 219 g/mol. The maximum absolute atomic E-state index is 5.57. The zero-order valence-corrected chi connectivity index (χ0v) is 10.4. The van der Waals surface area contributed by atoms with Gasteiger partial charge in [-0.1, -0.05) is 19.9 Å². The largest absolute Gasteiger partial charge is 0.494 e. The van der Waals surface area contributed by atoms with Crippen molar-refractivity contribution in [2.24, 2.45) is 5.92 Å². The van der Waals surface area contributed by atoms with Gasteiger partial charge in [-0.2, -0.15) is 0 Å². The molecule has 2 nitrogen and oxygen atoms in total. The Morgan fingerprint density at radius 1 is 1.44 bits per heavy atom. The number of rotatable bonds is 3. The minimum Gasteiger partial charge on any atom is -0.494 e. The standard InChI is InChI=1S/C14H21NO/c1-4-16-12-6-5-11-7-8-15-14(10(2)3)13(11)9-12/h5-6,9-10,14-15H,4,7-8H2,1-3H3. The van der Waals surface area contributed by atoms with Gasteiger partial charge in [-0.25, -0.2) is 0 Å². The highest BCUT2D eigenvalue weighted by Gasteiger charge is 2.22. The molecular formula is C14H21NO. The van der Waals surface area contributed by atoms with Crippen LogP contribution in [0.2, 0.25) is 0 Å². The van der Waals surface area contributed by atoms with E-state index >= 15 is 0 Å². The molecule has 0 aromatic heterocycles. The van der Waals surface area contributed by atoms with Crippen molar-refractivity contribution in [1.82, 2.24) is 5.32 Å². The van der Waals surface area contributed by atoms with Crippen molar-refractivity contribution >= 4 is 0 Å². The lowest BCUT2D eigenvalue weighted by Crippen LogP contribution is -2.32. The fraction of sp³-hybridized carbons (Fsp3) is 0.571. The summed E-state index contributed by atoms with van der Waals surface area (Å²) in [7, 11) is 0. The van der Waals surface area contributed by atoms with Crippen LogP contribution in [-0.2, 0) is 6.42 Å². The second kappa shape index (κ2) is 4.88. The third kappa shape index (κ3) is 2.22. The van der Waals surface area contributed by atoms with Crippen LogP contribution in [0.4, 0.5) is 0 Å². The van der Waals surface area contributed by atoms with E-state index in [1.807, 2.05) is 6.92 Å². The minimum absolute atomic E-state index is 0.476. The zero-order valence-electron chi connectivity index (χ0n) is 10.4. The number of hydrogen-bond donors (Lipinski definition) is 1. The van der Waals surface area contributed by atoms with Crippen LogP contribution in [0.1, 0.15) is 37.9 Å². The average molecular weight is 219 g/mol. The van der Waals surface area contributed by atoms with Crippen LogP contribution in [0.15, 0.2) is 18.2 Å². The van der Waals surface area contributed by atoms with E-state index in [2.05, 4.69) is 37.4 Å². The molecule has 16 heavy (non-hydrogen) atoms. The number of nitrogens with one attached hydrogen (secondary N) is 1. The smallest absolute Gasteiger partial charge is 0.119 e. The molecule has 0 amide bonds. The van der Waals surface area contributed by atoms with Crippen LogP contribution in [0, 0.1) is 5.92 Å². The molecule has 2 heteroatoms. The third-order valence-electron chi connectivity index (χ3n) is 3.19. The van der Waals surface area contributed by atoms with Gasteiger partial charge in [0.2, 0.25) is 0 Å². The number of fused-ring (bicyclic) bond motifs is 1. The van der Waals surface area contributed by atoms with Gasteiger partial charge < -0.3 is 10.1 Å². The molecule has 0 saturated carbocycles. The minimum atomic E-state index is 0.476. The van der Waals surface area contributed by atoms with Gasteiger partial charge in [0, 0.05) is 6.04 Å². The predicted octanol–water partition coefficient (Wildman–Crippen LogP) is 2.93. The van der Waals surface area contributed by atoms with Crippen molar-refractivity contribution in [2.45, 2.75) is 33.2 Å². The summed E-state index contributed by atoms with van der Waals surface area (Å²) in [4.78, 5) is 0. The summed E-state index contributed by atoms with van der Waals surface area (Å²) in [5.41, 5.74) is 2.90. The summed E-state index contributed by atoms with van der Waals surface area (Å²) in [5.74, 6) is 1.62.